The zero-order valence-corrected chi connectivity index (χ0v) is 16.2. The first-order chi connectivity index (χ1) is 13.7. The summed E-state index contributed by atoms with van der Waals surface area (Å²) in [4.78, 5) is 12.7. The Hall–Kier alpha value is -2.92. The molecule has 144 valence electrons. The number of rotatable bonds is 5. The Bertz CT molecular complexity index is 1030. The molecule has 1 aliphatic heterocycles. The summed E-state index contributed by atoms with van der Waals surface area (Å²) < 4.78 is 16.5. The number of fused-ring (bicyclic) bond motifs is 2. The largest absolute Gasteiger partial charge is 0.496 e. The average molecular weight is 398 g/mol. The van der Waals surface area contributed by atoms with Crippen LogP contribution in [0.1, 0.15) is 15.9 Å². The van der Waals surface area contributed by atoms with Gasteiger partial charge in [0, 0.05) is 6.54 Å². The van der Waals surface area contributed by atoms with Crippen molar-refractivity contribution in [3.05, 3.63) is 64.7 Å². The molecular weight excluding hydrogens is 378 g/mol. The second kappa shape index (κ2) is 7.98. The van der Waals surface area contributed by atoms with E-state index in [-0.39, 0.29) is 5.91 Å². The highest BCUT2D eigenvalue weighted by atomic mass is 35.5. The minimum absolute atomic E-state index is 0.175. The Kier molecular flexibility index (Phi) is 5.26. The van der Waals surface area contributed by atoms with Crippen LogP contribution in [0.5, 0.6) is 17.2 Å². The van der Waals surface area contributed by atoms with Gasteiger partial charge in [0.2, 0.25) is 0 Å². The lowest BCUT2D eigenvalue weighted by Crippen LogP contribution is -2.26. The lowest BCUT2D eigenvalue weighted by atomic mass is 10.1. The van der Waals surface area contributed by atoms with Crippen molar-refractivity contribution < 1.29 is 19.0 Å². The molecule has 4 rings (SSSR count). The van der Waals surface area contributed by atoms with Crippen LogP contribution in [0.15, 0.2) is 48.5 Å². The number of benzene rings is 3. The number of hydrogen-bond donors (Lipinski definition) is 1. The van der Waals surface area contributed by atoms with E-state index in [1.165, 1.54) is 0 Å². The molecule has 3 aromatic carbocycles. The smallest absolute Gasteiger partial charge is 0.255 e. The third kappa shape index (κ3) is 3.71. The second-order valence-electron chi connectivity index (χ2n) is 6.51. The molecule has 0 aliphatic carbocycles. The van der Waals surface area contributed by atoms with Crippen LogP contribution in [0.25, 0.3) is 10.8 Å². The molecule has 3 aromatic rings. The van der Waals surface area contributed by atoms with Crippen molar-refractivity contribution in [2.45, 2.75) is 6.42 Å². The highest BCUT2D eigenvalue weighted by Gasteiger charge is 2.17. The maximum atomic E-state index is 12.7. The van der Waals surface area contributed by atoms with Crippen molar-refractivity contribution in [1.29, 1.82) is 0 Å². The molecule has 0 atom stereocenters. The summed E-state index contributed by atoms with van der Waals surface area (Å²) in [7, 11) is 1.57. The maximum Gasteiger partial charge on any atom is 0.255 e. The number of carbonyl (C=O) groups is 1. The fourth-order valence-electron chi connectivity index (χ4n) is 3.29. The SMILES string of the molecule is COc1cc2ccccc2cc1C(=O)NCCc1cc(Cl)c2c(c1)OCCO2. The van der Waals surface area contributed by atoms with Gasteiger partial charge in [-0.2, -0.15) is 0 Å². The van der Waals surface area contributed by atoms with E-state index < -0.39 is 0 Å². The van der Waals surface area contributed by atoms with E-state index in [2.05, 4.69) is 5.32 Å². The van der Waals surface area contributed by atoms with E-state index in [1.807, 2.05) is 48.5 Å². The maximum absolute atomic E-state index is 12.7. The molecule has 0 unspecified atom stereocenters. The summed E-state index contributed by atoms with van der Waals surface area (Å²) in [6.45, 7) is 1.46. The lowest BCUT2D eigenvalue weighted by Gasteiger charge is -2.20. The van der Waals surface area contributed by atoms with Crippen LogP contribution in [0, 0.1) is 0 Å². The van der Waals surface area contributed by atoms with Gasteiger partial charge in [0.25, 0.3) is 5.91 Å². The molecule has 1 N–H and O–H groups in total. The molecule has 6 heteroatoms. The van der Waals surface area contributed by atoms with Crippen LogP contribution in [-0.4, -0.2) is 32.8 Å². The summed E-state index contributed by atoms with van der Waals surface area (Å²) >= 11 is 6.27. The highest BCUT2D eigenvalue weighted by molar-refractivity contribution is 6.32. The Morgan fingerprint density at radius 3 is 2.64 bits per heavy atom. The molecule has 0 aromatic heterocycles. The molecule has 28 heavy (non-hydrogen) atoms. The summed E-state index contributed by atoms with van der Waals surface area (Å²) in [5, 5.41) is 5.50. The van der Waals surface area contributed by atoms with Crippen LogP contribution < -0.4 is 19.5 Å². The van der Waals surface area contributed by atoms with Gasteiger partial charge in [-0.25, -0.2) is 0 Å². The van der Waals surface area contributed by atoms with Gasteiger partial charge in [-0.15, -0.1) is 0 Å². The number of nitrogens with one attached hydrogen (secondary N) is 1. The standard InChI is InChI=1S/C22H20ClNO4/c1-26-19-13-16-5-3-2-4-15(16)12-17(19)22(25)24-7-6-14-10-18(23)21-20(11-14)27-8-9-28-21/h2-5,10-13H,6-9H2,1H3,(H,24,25). The Labute approximate surface area is 168 Å². The van der Waals surface area contributed by atoms with Crippen LogP contribution >= 0.6 is 11.6 Å². The molecule has 0 bridgehead atoms. The third-order valence-corrected chi connectivity index (χ3v) is 4.95. The van der Waals surface area contributed by atoms with E-state index in [0.717, 1.165) is 16.3 Å². The quantitative estimate of drug-likeness (QED) is 0.699. The Morgan fingerprint density at radius 1 is 1.11 bits per heavy atom. The number of hydrogen-bond acceptors (Lipinski definition) is 4. The van der Waals surface area contributed by atoms with E-state index in [0.29, 0.717) is 54.0 Å². The minimum Gasteiger partial charge on any atom is -0.496 e. The summed E-state index contributed by atoms with van der Waals surface area (Å²) in [5.41, 5.74) is 1.49. The number of methoxy groups -OCH3 is 1. The Balaban J connectivity index is 1.46. The third-order valence-electron chi connectivity index (χ3n) is 4.67. The van der Waals surface area contributed by atoms with E-state index in [1.54, 1.807) is 7.11 Å². The van der Waals surface area contributed by atoms with Crippen molar-refractivity contribution in [2.75, 3.05) is 26.9 Å². The molecule has 1 heterocycles. The normalized spacial score (nSPS) is 12.6. The first kappa shape index (κ1) is 18.4. The summed E-state index contributed by atoms with van der Waals surface area (Å²) in [6, 6.07) is 15.4. The van der Waals surface area contributed by atoms with Crippen LogP contribution in [0.2, 0.25) is 5.02 Å². The molecule has 0 spiro atoms. The lowest BCUT2D eigenvalue weighted by molar-refractivity contribution is 0.0951. The minimum atomic E-state index is -0.175. The van der Waals surface area contributed by atoms with Gasteiger partial charge in [0.05, 0.1) is 17.7 Å². The fourth-order valence-corrected chi connectivity index (χ4v) is 3.58. The number of amides is 1. The first-order valence-electron chi connectivity index (χ1n) is 9.08. The van der Waals surface area contributed by atoms with E-state index in [9.17, 15) is 4.79 Å². The zero-order chi connectivity index (χ0) is 19.5. The van der Waals surface area contributed by atoms with Gasteiger partial charge >= 0.3 is 0 Å². The highest BCUT2D eigenvalue weighted by Crippen LogP contribution is 2.38. The van der Waals surface area contributed by atoms with Gasteiger partial charge in [-0.1, -0.05) is 35.9 Å². The van der Waals surface area contributed by atoms with Gasteiger partial charge in [0.1, 0.15) is 19.0 Å². The fraction of sp³-hybridized carbons (Fsp3) is 0.227. The molecule has 0 radical (unpaired) electrons. The topological polar surface area (TPSA) is 56.8 Å². The molecule has 0 saturated carbocycles. The second-order valence-corrected chi connectivity index (χ2v) is 6.91. The molecular formula is C22H20ClNO4. The van der Waals surface area contributed by atoms with Crippen LogP contribution in [-0.2, 0) is 6.42 Å². The van der Waals surface area contributed by atoms with Crippen LogP contribution in [0.4, 0.5) is 0 Å². The molecule has 1 amide bonds. The molecule has 0 saturated heterocycles. The Morgan fingerprint density at radius 2 is 1.86 bits per heavy atom. The predicted molar refractivity (Wildman–Crippen MR) is 109 cm³/mol. The number of halogens is 1. The van der Waals surface area contributed by atoms with Gasteiger partial charge in [0.15, 0.2) is 11.5 Å². The summed E-state index contributed by atoms with van der Waals surface area (Å²) in [6.07, 6.45) is 0.623. The first-order valence-corrected chi connectivity index (χ1v) is 9.46. The number of ether oxygens (including phenoxy) is 3. The number of carbonyl (C=O) groups excluding carboxylic acids is 1. The van der Waals surface area contributed by atoms with Gasteiger partial charge in [-0.05, 0) is 47.0 Å². The molecule has 5 nitrogen and oxygen atoms in total. The molecule has 1 aliphatic rings. The zero-order valence-electron chi connectivity index (χ0n) is 15.5. The van der Waals surface area contributed by atoms with Crippen LogP contribution in [0.3, 0.4) is 0 Å². The van der Waals surface area contributed by atoms with Crippen molar-refractivity contribution in [2.24, 2.45) is 0 Å². The van der Waals surface area contributed by atoms with Crippen molar-refractivity contribution in [1.82, 2.24) is 5.32 Å². The molecule has 0 fully saturated rings. The van der Waals surface area contributed by atoms with Crippen molar-refractivity contribution in [3.8, 4) is 17.2 Å². The monoisotopic (exact) mass is 397 g/mol. The average Bonchev–Trinajstić information content (AvgIpc) is 2.72. The van der Waals surface area contributed by atoms with Gasteiger partial charge in [-0.3, -0.25) is 4.79 Å². The van der Waals surface area contributed by atoms with Gasteiger partial charge < -0.3 is 19.5 Å². The predicted octanol–water partition coefficient (Wildman–Crippen LogP) is 4.25. The van der Waals surface area contributed by atoms with E-state index in [4.69, 9.17) is 25.8 Å². The van der Waals surface area contributed by atoms with Crippen molar-refractivity contribution >= 4 is 28.3 Å². The summed E-state index contributed by atoms with van der Waals surface area (Å²) in [5.74, 6) is 1.61. The van der Waals surface area contributed by atoms with Crippen molar-refractivity contribution in [3.63, 3.8) is 0 Å². The van der Waals surface area contributed by atoms with E-state index >= 15 is 0 Å².